The SMILES string of the molecule is CC(C)[C@H](N)CN(C)S(C)(=O)=O. The first-order valence-electron chi connectivity index (χ1n) is 3.92. The summed E-state index contributed by atoms with van der Waals surface area (Å²) in [5.41, 5.74) is 5.71. The number of hydrogen-bond acceptors (Lipinski definition) is 3. The van der Waals surface area contributed by atoms with Crippen molar-refractivity contribution in [1.82, 2.24) is 4.31 Å². The largest absolute Gasteiger partial charge is 0.326 e. The molecule has 0 aromatic carbocycles. The second kappa shape index (κ2) is 4.20. The predicted octanol–water partition coefficient (Wildman–Crippen LogP) is -0.139. The fourth-order valence-corrected chi connectivity index (χ4v) is 1.09. The standard InChI is InChI=1S/C7H18N2O2S/c1-6(2)7(8)5-9(3)12(4,10)11/h6-7H,5,8H2,1-4H3/t7-/m1/s1. The highest BCUT2D eigenvalue weighted by Crippen LogP contribution is 2.02. The van der Waals surface area contributed by atoms with Gasteiger partial charge in [0.1, 0.15) is 0 Å². The maximum atomic E-state index is 11.0. The maximum Gasteiger partial charge on any atom is 0.211 e. The summed E-state index contributed by atoms with van der Waals surface area (Å²) in [6.07, 6.45) is 1.18. The zero-order valence-electron chi connectivity index (χ0n) is 8.11. The first kappa shape index (κ1) is 11.9. The van der Waals surface area contributed by atoms with Gasteiger partial charge in [-0.25, -0.2) is 12.7 Å². The van der Waals surface area contributed by atoms with Gasteiger partial charge in [0.05, 0.1) is 6.26 Å². The van der Waals surface area contributed by atoms with Gasteiger partial charge in [-0.3, -0.25) is 0 Å². The van der Waals surface area contributed by atoms with Crippen LogP contribution in [0.1, 0.15) is 13.8 Å². The molecule has 0 heterocycles. The van der Waals surface area contributed by atoms with Crippen molar-refractivity contribution in [3.63, 3.8) is 0 Å². The molecular formula is C7H18N2O2S. The maximum absolute atomic E-state index is 11.0. The molecule has 0 aliphatic carbocycles. The molecule has 0 aromatic heterocycles. The van der Waals surface area contributed by atoms with Gasteiger partial charge in [-0.05, 0) is 5.92 Å². The number of nitrogens with two attached hydrogens (primary N) is 1. The minimum atomic E-state index is -3.08. The van der Waals surface area contributed by atoms with E-state index in [4.69, 9.17) is 5.73 Å². The monoisotopic (exact) mass is 194 g/mol. The molecular weight excluding hydrogens is 176 g/mol. The average Bonchev–Trinajstić information content (AvgIpc) is 1.85. The van der Waals surface area contributed by atoms with Gasteiger partial charge in [0.25, 0.3) is 0 Å². The molecule has 0 radical (unpaired) electrons. The second-order valence-electron chi connectivity index (χ2n) is 3.45. The molecule has 0 rings (SSSR count). The molecule has 0 bridgehead atoms. The van der Waals surface area contributed by atoms with Crippen LogP contribution >= 0.6 is 0 Å². The minimum absolute atomic E-state index is 0.0928. The van der Waals surface area contributed by atoms with Crippen LogP contribution in [-0.2, 0) is 10.0 Å². The van der Waals surface area contributed by atoms with E-state index in [1.54, 1.807) is 0 Å². The van der Waals surface area contributed by atoms with Gasteiger partial charge >= 0.3 is 0 Å². The molecule has 1 atom stereocenters. The van der Waals surface area contributed by atoms with Crippen LogP contribution in [0.4, 0.5) is 0 Å². The number of likely N-dealkylation sites (N-methyl/N-ethyl adjacent to an activating group) is 1. The Labute approximate surface area is 74.8 Å². The third-order valence-corrected chi connectivity index (χ3v) is 3.17. The van der Waals surface area contributed by atoms with Gasteiger partial charge in [0.15, 0.2) is 0 Å². The van der Waals surface area contributed by atoms with E-state index in [0.29, 0.717) is 12.5 Å². The van der Waals surface area contributed by atoms with E-state index in [1.165, 1.54) is 17.6 Å². The van der Waals surface area contributed by atoms with Crippen molar-refractivity contribution >= 4 is 10.0 Å². The Kier molecular flexibility index (Phi) is 4.16. The highest BCUT2D eigenvalue weighted by Gasteiger charge is 2.16. The molecule has 0 aliphatic rings. The molecule has 4 nitrogen and oxygen atoms in total. The third-order valence-electron chi connectivity index (χ3n) is 1.89. The van der Waals surface area contributed by atoms with Crippen LogP contribution in [0.5, 0.6) is 0 Å². The predicted molar refractivity (Wildman–Crippen MR) is 50.3 cm³/mol. The van der Waals surface area contributed by atoms with Gasteiger partial charge in [0.2, 0.25) is 10.0 Å². The summed E-state index contributed by atoms with van der Waals surface area (Å²) in [5, 5.41) is 0. The van der Waals surface area contributed by atoms with E-state index < -0.39 is 10.0 Å². The lowest BCUT2D eigenvalue weighted by Crippen LogP contribution is -2.41. The first-order valence-corrected chi connectivity index (χ1v) is 5.77. The van der Waals surface area contributed by atoms with Gasteiger partial charge < -0.3 is 5.73 Å². The van der Waals surface area contributed by atoms with Crippen molar-refractivity contribution in [3.8, 4) is 0 Å². The van der Waals surface area contributed by atoms with Gasteiger partial charge in [-0.2, -0.15) is 0 Å². The van der Waals surface area contributed by atoms with Crippen LogP contribution in [0.3, 0.4) is 0 Å². The quantitative estimate of drug-likeness (QED) is 0.677. The molecule has 0 aliphatic heterocycles. The normalized spacial score (nSPS) is 15.6. The third kappa shape index (κ3) is 4.04. The number of sulfonamides is 1. The molecule has 0 saturated heterocycles. The van der Waals surface area contributed by atoms with E-state index in [9.17, 15) is 8.42 Å². The Morgan fingerprint density at radius 1 is 1.42 bits per heavy atom. The Hall–Kier alpha value is -0.130. The van der Waals surface area contributed by atoms with E-state index >= 15 is 0 Å². The Bertz CT molecular complexity index is 224. The molecule has 5 heteroatoms. The summed E-state index contributed by atoms with van der Waals surface area (Å²) >= 11 is 0. The summed E-state index contributed by atoms with van der Waals surface area (Å²) in [6.45, 7) is 4.33. The summed E-state index contributed by atoms with van der Waals surface area (Å²) < 4.78 is 23.2. The molecule has 2 N–H and O–H groups in total. The molecule has 0 saturated carbocycles. The number of nitrogens with zero attached hydrogens (tertiary/aromatic N) is 1. The van der Waals surface area contributed by atoms with E-state index in [2.05, 4.69) is 0 Å². The highest BCUT2D eigenvalue weighted by molar-refractivity contribution is 7.88. The molecule has 74 valence electrons. The van der Waals surface area contributed by atoms with Crippen molar-refractivity contribution < 1.29 is 8.42 Å². The lowest BCUT2D eigenvalue weighted by Gasteiger charge is -2.21. The van der Waals surface area contributed by atoms with Crippen LogP contribution in [0.15, 0.2) is 0 Å². The lowest BCUT2D eigenvalue weighted by molar-refractivity contribution is 0.384. The van der Waals surface area contributed by atoms with Gasteiger partial charge in [-0.1, -0.05) is 13.8 Å². The average molecular weight is 194 g/mol. The number of hydrogen-bond donors (Lipinski definition) is 1. The van der Waals surface area contributed by atoms with Crippen LogP contribution in [0.2, 0.25) is 0 Å². The second-order valence-corrected chi connectivity index (χ2v) is 5.54. The van der Waals surface area contributed by atoms with E-state index in [-0.39, 0.29) is 6.04 Å². The van der Waals surface area contributed by atoms with Crippen molar-refractivity contribution in [2.45, 2.75) is 19.9 Å². The van der Waals surface area contributed by atoms with E-state index in [1.807, 2.05) is 13.8 Å². The summed E-state index contributed by atoms with van der Waals surface area (Å²) in [4.78, 5) is 0. The molecule has 0 fully saturated rings. The molecule has 0 spiro atoms. The summed E-state index contributed by atoms with van der Waals surface area (Å²) in [5.74, 6) is 0.300. The van der Waals surface area contributed by atoms with E-state index in [0.717, 1.165) is 0 Å². The van der Waals surface area contributed by atoms with Crippen LogP contribution in [-0.4, -0.2) is 38.6 Å². The Morgan fingerprint density at radius 2 is 1.83 bits per heavy atom. The van der Waals surface area contributed by atoms with Crippen LogP contribution in [0, 0.1) is 5.92 Å². The molecule has 0 unspecified atom stereocenters. The smallest absolute Gasteiger partial charge is 0.211 e. The fraction of sp³-hybridized carbons (Fsp3) is 1.00. The van der Waals surface area contributed by atoms with Crippen LogP contribution < -0.4 is 5.73 Å². The summed E-state index contributed by atoms with van der Waals surface area (Å²) in [6, 6.07) is -0.0928. The van der Waals surface area contributed by atoms with Crippen molar-refractivity contribution in [1.29, 1.82) is 0 Å². The fourth-order valence-electron chi connectivity index (χ4n) is 0.643. The highest BCUT2D eigenvalue weighted by atomic mass is 32.2. The molecule has 12 heavy (non-hydrogen) atoms. The Balaban J connectivity index is 4.11. The molecule has 0 amide bonds. The first-order chi connectivity index (χ1) is 5.25. The van der Waals surface area contributed by atoms with Crippen LogP contribution in [0.25, 0.3) is 0 Å². The van der Waals surface area contributed by atoms with Crippen molar-refractivity contribution in [3.05, 3.63) is 0 Å². The number of rotatable bonds is 4. The topological polar surface area (TPSA) is 63.4 Å². The van der Waals surface area contributed by atoms with Crippen molar-refractivity contribution in [2.75, 3.05) is 19.8 Å². The molecule has 0 aromatic rings. The summed E-state index contributed by atoms with van der Waals surface area (Å²) in [7, 11) is -1.54. The zero-order valence-corrected chi connectivity index (χ0v) is 8.93. The Morgan fingerprint density at radius 3 is 2.08 bits per heavy atom. The van der Waals surface area contributed by atoms with Crippen molar-refractivity contribution in [2.24, 2.45) is 11.7 Å². The van der Waals surface area contributed by atoms with Gasteiger partial charge in [0, 0.05) is 19.6 Å². The van der Waals surface area contributed by atoms with Gasteiger partial charge in [-0.15, -0.1) is 0 Å². The lowest BCUT2D eigenvalue weighted by atomic mass is 10.1. The zero-order chi connectivity index (χ0) is 9.94. The minimum Gasteiger partial charge on any atom is -0.326 e.